The maximum atomic E-state index is 3.31. The zero-order valence-corrected chi connectivity index (χ0v) is 12.3. The molecule has 0 spiro atoms. The fourth-order valence-corrected chi connectivity index (χ4v) is 4.72. The Hall–Kier alpha value is -1.85. The van der Waals surface area contributed by atoms with Gasteiger partial charge in [0.05, 0.1) is 0 Å². The minimum atomic E-state index is -0.276. The standard InChI is InChI=1S/C18H18NP/c1-3-9-17(10-4-1)20(18-11-5-2-6-12-18)15-13-16-8-7-14-19-16/h1-12,14,19H,13,15H2. The van der Waals surface area contributed by atoms with Crippen molar-refractivity contribution in [2.24, 2.45) is 0 Å². The van der Waals surface area contributed by atoms with Gasteiger partial charge in [0.1, 0.15) is 0 Å². The normalized spacial score (nSPS) is 10.8. The molecule has 0 atom stereocenters. The lowest BCUT2D eigenvalue weighted by atomic mass is 10.3. The molecule has 0 aliphatic heterocycles. The van der Waals surface area contributed by atoms with Gasteiger partial charge in [-0.1, -0.05) is 60.7 Å². The van der Waals surface area contributed by atoms with Crippen LogP contribution in [-0.2, 0) is 6.42 Å². The molecule has 0 aliphatic rings. The van der Waals surface area contributed by atoms with Crippen molar-refractivity contribution >= 4 is 18.5 Å². The molecule has 0 amide bonds. The number of hydrogen-bond donors (Lipinski definition) is 1. The molecule has 3 rings (SSSR count). The SMILES string of the molecule is c1ccc(P(CCc2ccc[nH]2)c2ccccc2)cc1. The Kier molecular flexibility index (Phi) is 4.30. The van der Waals surface area contributed by atoms with E-state index in [2.05, 4.69) is 77.8 Å². The molecule has 0 bridgehead atoms. The first-order valence-corrected chi connectivity index (χ1v) is 8.46. The van der Waals surface area contributed by atoms with Gasteiger partial charge in [0.2, 0.25) is 0 Å². The van der Waals surface area contributed by atoms with Crippen LogP contribution in [0.4, 0.5) is 0 Å². The molecule has 0 aliphatic carbocycles. The summed E-state index contributed by atoms with van der Waals surface area (Å²) in [6.45, 7) is 0. The minimum Gasteiger partial charge on any atom is -0.365 e. The molecule has 0 saturated carbocycles. The summed E-state index contributed by atoms with van der Waals surface area (Å²) in [5.74, 6) is 0. The van der Waals surface area contributed by atoms with Crippen molar-refractivity contribution < 1.29 is 0 Å². The molecule has 0 unspecified atom stereocenters. The summed E-state index contributed by atoms with van der Waals surface area (Å²) < 4.78 is 0. The monoisotopic (exact) mass is 279 g/mol. The molecule has 3 aromatic rings. The second-order valence-electron chi connectivity index (χ2n) is 4.77. The number of aryl methyl sites for hydroxylation is 1. The molecule has 2 aromatic carbocycles. The van der Waals surface area contributed by atoms with E-state index in [0.717, 1.165) is 6.42 Å². The number of aromatic amines is 1. The van der Waals surface area contributed by atoms with Gasteiger partial charge in [0, 0.05) is 11.9 Å². The number of benzene rings is 2. The largest absolute Gasteiger partial charge is 0.365 e. The summed E-state index contributed by atoms with van der Waals surface area (Å²) >= 11 is 0. The molecule has 0 fully saturated rings. The lowest BCUT2D eigenvalue weighted by Crippen LogP contribution is -2.14. The number of nitrogens with one attached hydrogen (secondary N) is 1. The van der Waals surface area contributed by atoms with E-state index in [1.165, 1.54) is 22.5 Å². The fraction of sp³-hybridized carbons (Fsp3) is 0.111. The van der Waals surface area contributed by atoms with Crippen LogP contribution in [0.1, 0.15) is 5.69 Å². The lowest BCUT2D eigenvalue weighted by Gasteiger charge is -2.18. The van der Waals surface area contributed by atoms with Gasteiger partial charge in [-0.3, -0.25) is 0 Å². The van der Waals surface area contributed by atoms with Crippen molar-refractivity contribution in [3.8, 4) is 0 Å². The first-order valence-electron chi connectivity index (χ1n) is 6.93. The van der Waals surface area contributed by atoms with Gasteiger partial charge in [-0.05, 0) is 43.2 Å². The zero-order valence-electron chi connectivity index (χ0n) is 11.4. The summed E-state index contributed by atoms with van der Waals surface area (Å²) in [7, 11) is -0.276. The summed E-state index contributed by atoms with van der Waals surface area (Å²) in [5.41, 5.74) is 1.32. The van der Waals surface area contributed by atoms with Crippen LogP contribution in [0.5, 0.6) is 0 Å². The quantitative estimate of drug-likeness (QED) is 0.686. The van der Waals surface area contributed by atoms with E-state index in [-0.39, 0.29) is 7.92 Å². The van der Waals surface area contributed by atoms with Crippen LogP contribution in [0.15, 0.2) is 79.0 Å². The highest BCUT2D eigenvalue weighted by Gasteiger charge is 2.13. The first kappa shape index (κ1) is 13.1. The summed E-state index contributed by atoms with van der Waals surface area (Å²) in [5, 5.41) is 2.92. The van der Waals surface area contributed by atoms with Crippen LogP contribution in [0.2, 0.25) is 0 Å². The van der Waals surface area contributed by atoms with Crippen molar-refractivity contribution in [2.75, 3.05) is 6.16 Å². The summed E-state index contributed by atoms with van der Waals surface area (Å²) in [6.07, 6.45) is 4.29. The van der Waals surface area contributed by atoms with E-state index in [4.69, 9.17) is 0 Å². The van der Waals surface area contributed by atoms with Crippen molar-refractivity contribution in [3.05, 3.63) is 84.7 Å². The van der Waals surface area contributed by atoms with Gasteiger partial charge < -0.3 is 4.98 Å². The topological polar surface area (TPSA) is 15.8 Å². The van der Waals surface area contributed by atoms with E-state index in [0.29, 0.717) is 0 Å². The van der Waals surface area contributed by atoms with E-state index >= 15 is 0 Å². The van der Waals surface area contributed by atoms with Crippen LogP contribution in [0.3, 0.4) is 0 Å². The van der Waals surface area contributed by atoms with Gasteiger partial charge >= 0.3 is 0 Å². The summed E-state index contributed by atoms with van der Waals surface area (Å²) in [6, 6.07) is 26.0. The van der Waals surface area contributed by atoms with Crippen molar-refractivity contribution in [2.45, 2.75) is 6.42 Å². The average Bonchev–Trinajstić information content (AvgIpc) is 3.03. The van der Waals surface area contributed by atoms with Crippen LogP contribution in [-0.4, -0.2) is 11.1 Å². The Morgan fingerprint density at radius 2 is 1.30 bits per heavy atom. The molecular weight excluding hydrogens is 261 g/mol. The number of aromatic nitrogens is 1. The highest BCUT2D eigenvalue weighted by atomic mass is 31.1. The number of hydrogen-bond acceptors (Lipinski definition) is 0. The van der Waals surface area contributed by atoms with Gasteiger partial charge in [0.15, 0.2) is 0 Å². The average molecular weight is 279 g/mol. The fourth-order valence-electron chi connectivity index (χ4n) is 2.38. The Labute approximate surface area is 121 Å². The van der Waals surface area contributed by atoms with E-state index in [1.807, 2.05) is 6.20 Å². The number of H-pyrrole nitrogens is 1. The van der Waals surface area contributed by atoms with Crippen LogP contribution in [0.25, 0.3) is 0 Å². The predicted molar refractivity (Wildman–Crippen MR) is 88.4 cm³/mol. The summed E-state index contributed by atoms with van der Waals surface area (Å²) in [4.78, 5) is 3.31. The lowest BCUT2D eigenvalue weighted by molar-refractivity contribution is 1.07. The zero-order chi connectivity index (χ0) is 13.6. The van der Waals surface area contributed by atoms with Gasteiger partial charge in [-0.15, -0.1) is 0 Å². The van der Waals surface area contributed by atoms with E-state index in [9.17, 15) is 0 Å². The molecule has 1 heterocycles. The van der Waals surface area contributed by atoms with Crippen molar-refractivity contribution in [1.82, 2.24) is 4.98 Å². The Bertz CT molecular complexity index is 578. The van der Waals surface area contributed by atoms with Crippen molar-refractivity contribution in [1.29, 1.82) is 0 Å². The van der Waals surface area contributed by atoms with Gasteiger partial charge in [-0.2, -0.15) is 0 Å². The Balaban J connectivity index is 1.84. The molecule has 0 radical (unpaired) electrons. The van der Waals surface area contributed by atoms with E-state index < -0.39 is 0 Å². The van der Waals surface area contributed by atoms with Gasteiger partial charge in [0.25, 0.3) is 0 Å². The third-order valence-electron chi connectivity index (χ3n) is 3.40. The van der Waals surface area contributed by atoms with Crippen molar-refractivity contribution in [3.63, 3.8) is 0 Å². The molecule has 20 heavy (non-hydrogen) atoms. The third kappa shape index (κ3) is 3.18. The second kappa shape index (κ2) is 6.54. The van der Waals surface area contributed by atoms with Crippen LogP contribution < -0.4 is 10.6 Å². The molecule has 100 valence electrons. The highest BCUT2D eigenvalue weighted by Crippen LogP contribution is 2.33. The minimum absolute atomic E-state index is 0.276. The van der Waals surface area contributed by atoms with Gasteiger partial charge in [-0.25, -0.2) is 0 Å². The third-order valence-corrected chi connectivity index (χ3v) is 5.92. The second-order valence-corrected chi connectivity index (χ2v) is 7.10. The first-order chi connectivity index (χ1) is 9.93. The molecule has 0 saturated heterocycles. The Morgan fingerprint density at radius 3 is 1.80 bits per heavy atom. The van der Waals surface area contributed by atoms with Crippen LogP contribution in [0, 0.1) is 0 Å². The number of rotatable bonds is 5. The highest BCUT2D eigenvalue weighted by molar-refractivity contribution is 7.73. The van der Waals surface area contributed by atoms with E-state index in [1.54, 1.807) is 0 Å². The molecule has 1 aromatic heterocycles. The molecule has 1 N–H and O–H groups in total. The predicted octanol–water partition coefficient (Wildman–Crippen LogP) is 3.69. The maximum absolute atomic E-state index is 3.31. The molecule has 2 heteroatoms. The molecular formula is C18H18NP. The smallest absolute Gasteiger partial charge is 0.0150 e. The maximum Gasteiger partial charge on any atom is 0.0150 e. The Morgan fingerprint density at radius 1 is 0.700 bits per heavy atom. The van der Waals surface area contributed by atoms with Crippen LogP contribution >= 0.6 is 7.92 Å². The molecule has 1 nitrogen and oxygen atoms in total.